The summed E-state index contributed by atoms with van der Waals surface area (Å²) in [5.74, 6) is 0.485. The lowest BCUT2D eigenvalue weighted by Crippen LogP contribution is -2.31. The van der Waals surface area contributed by atoms with E-state index >= 15 is 0 Å². The molecular weight excluding hydrogens is 375 g/mol. The minimum atomic E-state index is -0.261. The Kier molecular flexibility index (Phi) is 6.11. The van der Waals surface area contributed by atoms with Crippen LogP contribution < -0.4 is 11.1 Å². The van der Waals surface area contributed by atoms with Crippen molar-refractivity contribution >= 4 is 5.82 Å². The first kappa shape index (κ1) is 19.7. The maximum atomic E-state index is 13.4. The van der Waals surface area contributed by atoms with Crippen molar-refractivity contribution < 1.29 is 4.39 Å². The Hall–Kier alpha value is -3.57. The summed E-state index contributed by atoms with van der Waals surface area (Å²) in [7, 11) is 0. The van der Waals surface area contributed by atoms with Crippen LogP contribution in [0, 0.1) is 5.82 Å². The fraction of sp³-hybridized carbons (Fsp3) is 0.120. The molecule has 0 saturated carbocycles. The summed E-state index contributed by atoms with van der Waals surface area (Å²) in [5.41, 5.74) is 11.1. The van der Waals surface area contributed by atoms with Gasteiger partial charge in [-0.2, -0.15) is 0 Å². The van der Waals surface area contributed by atoms with Gasteiger partial charge in [-0.15, -0.1) is 0 Å². The first-order chi connectivity index (χ1) is 14.7. The van der Waals surface area contributed by atoms with E-state index in [1.165, 1.54) is 17.7 Å². The molecule has 30 heavy (non-hydrogen) atoms. The van der Waals surface area contributed by atoms with Gasteiger partial charge >= 0.3 is 0 Å². The number of halogens is 1. The van der Waals surface area contributed by atoms with Crippen LogP contribution in [0.25, 0.3) is 22.4 Å². The standard InChI is InChI=1S/C25H23FN4/c26-21-8-6-19(7-9-21)23-10-11-24(30-25(23)20-12-14-28-15-13-20)29-17-22(27)16-18-4-2-1-3-5-18/h1-15,22H,16-17,27H2,(H,29,30)/t22-/m1/s1. The molecule has 4 rings (SSSR count). The molecular formula is C25H23FN4. The third-order valence-corrected chi connectivity index (χ3v) is 4.89. The van der Waals surface area contributed by atoms with Crippen molar-refractivity contribution in [2.24, 2.45) is 5.73 Å². The lowest BCUT2D eigenvalue weighted by Gasteiger charge is -2.16. The zero-order chi connectivity index (χ0) is 20.8. The van der Waals surface area contributed by atoms with Crippen LogP contribution in [0.4, 0.5) is 10.2 Å². The molecule has 150 valence electrons. The third kappa shape index (κ3) is 4.88. The minimum Gasteiger partial charge on any atom is -0.368 e. The summed E-state index contributed by atoms with van der Waals surface area (Å²) in [5, 5.41) is 3.35. The van der Waals surface area contributed by atoms with E-state index in [2.05, 4.69) is 22.4 Å². The molecule has 0 unspecified atom stereocenters. The van der Waals surface area contributed by atoms with Gasteiger partial charge < -0.3 is 11.1 Å². The first-order valence-corrected chi connectivity index (χ1v) is 9.90. The summed E-state index contributed by atoms with van der Waals surface area (Å²) in [4.78, 5) is 8.93. The lowest BCUT2D eigenvalue weighted by molar-refractivity contribution is 0.628. The van der Waals surface area contributed by atoms with Crippen molar-refractivity contribution in [2.45, 2.75) is 12.5 Å². The number of hydrogen-bond donors (Lipinski definition) is 2. The maximum Gasteiger partial charge on any atom is 0.126 e. The quantitative estimate of drug-likeness (QED) is 0.463. The smallest absolute Gasteiger partial charge is 0.126 e. The molecule has 2 aromatic carbocycles. The molecule has 1 atom stereocenters. The van der Waals surface area contributed by atoms with E-state index in [4.69, 9.17) is 10.7 Å². The van der Waals surface area contributed by atoms with E-state index in [1.54, 1.807) is 24.5 Å². The number of nitrogens with zero attached hydrogens (tertiary/aromatic N) is 2. The highest BCUT2D eigenvalue weighted by atomic mass is 19.1. The molecule has 0 spiro atoms. The summed E-state index contributed by atoms with van der Waals surface area (Å²) in [6.07, 6.45) is 4.27. The summed E-state index contributed by atoms with van der Waals surface area (Å²) >= 11 is 0. The average Bonchev–Trinajstić information content (AvgIpc) is 2.79. The maximum absolute atomic E-state index is 13.4. The van der Waals surface area contributed by atoms with Crippen LogP contribution in [0.2, 0.25) is 0 Å². The predicted octanol–water partition coefficient (Wildman–Crippen LogP) is 4.93. The van der Waals surface area contributed by atoms with Crippen LogP contribution in [0.15, 0.2) is 91.3 Å². The molecule has 2 aromatic heterocycles. The Morgan fingerprint density at radius 3 is 2.30 bits per heavy atom. The second kappa shape index (κ2) is 9.29. The van der Waals surface area contributed by atoms with Gasteiger partial charge in [0.15, 0.2) is 0 Å². The molecule has 2 heterocycles. The molecule has 0 aliphatic carbocycles. The van der Waals surface area contributed by atoms with E-state index in [1.807, 2.05) is 42.5 Å². The van der Waals surface area contributed by atoms with Crippen molar-refractivity contribution in [3.05, 3.63) is 103 Å². The molecule has 3 N–H and O–H groups in total. The lowest BCUT2D eigenvalue weighted by atomic mass is 10.00. The molecule has 0 saturated heterocycles. The second-order valence-electron chi connectivity index (χ2n) is 7.17. The fourth-order valence-corrected chi connectivity index (χ4v) is 3.37. The normalized spacial score (nSPS) is 11.8. The van der Waals surface area contributed by atoms with Gasteiger partial charge in [0.05, 0.1) is 5.69 Å². The summed E-state index contributed by atoms with van der Waals surface area (Å²) in [6.45, 7) is 0.605. The SMILES string of the molecule is N[C@@H](CNc1ccc(-c2ccc(F)cc2)c(-c2ccncc2)n1)Cc1ccccc1. The number of pyridine rings is 2. The highest BCUT2D eigenvalue weighted by Crippen LogP contribution is 2.31. The van der Waals surface area contributed by atoms with Crippen LogP contribution in [0.3, 0.4) is 0 Å². The van der Waals surface area contributed by atoms with E-state index in [9.17, 15) is 4.39 Å². The Balaban J connectivity index is 1.57. The van der Waals surface area contributed by atoms with Gasteiger partial charge in [-0.1, -0.05) is 42.5 Å². The predicted molar refractivity (Wildman–Crippen MR) is 119 cm³/mol. The van der Waals surface area contributed by atoms with Crippen LogP contribution >= 0.6 is 0 Å². The fourth-order valence-electron chi connectivity index (χ4n) is 3.37. The molecule has 5 heteroatoms. The molecule has 0 fully saturated rings. The topological polar surface area (TPSA) is 63.8 Å². The van der Waals surface area contributed by atoms with Gasteiger partial charge in [-0.3, -0.25) is 4.98 Å². The number of nitrogens with one attached hydrogen (secondary N) is 1. The van der Waals surface area contributed by atoms with Gasteiger partial charge in [0.1, 0.15) is 11.6 Å². The number of rotatable bonds is 7. The molecule has 4 nitrogen and oxygen atoms in total. The third-order valence-electron chi connectivity index (χ3n) is 4.89. The van der Waals surface area contributed by atoms with Gasteiger partial charge in [0.25, 0.3) is 0 Å². The Labute approximate surface area is 175 Å². The van der Waals surface area contributed by atoms with Crippen molar-refractivity contribution in [1.29, 1.82) is 0 Å². The van der Waals surface area contributed by atoms with E-state index in [-0.39, 0.29) is 11.9 Å². The number of benzene rings is 2. The van der Waals surface area contributed by atoms with Crippen molar-refractivity contribution in [3.8, 4) is 22.4 Å². The first-order valence-electron chi connectivity index (χ1n) is 9.90. The zero-order valence-corrected chi connectivity index (χ0v) is 16.5. The molecule has 0 aliphatic heterocycles. The molecule has 0 radical (unpaired) electrons. The molecule has 0 amide bonds. The van der Waals surface area contributed by atoms with Gasteiger partial charge in [0.2, 0.25) is 0 Å². The van der Waals surface area contributed by atoms with Crippen molar-refractivity contribution in [2.75, 3.05) is 11.9 Å². The minimum absolute atomic E-state index is 0.0321. The van der Waals surface area contributed by atoms with Crippen LogP contribution in [0.1, 0.15) is 5.56 Å². The van der Waals surface area contributed by atoms with Gasteiger partial charge in [-0.05, 0) is 53.9 Å². The number of aromatic nitrogens is 2. The largest absolute Gasteiger partial charge is 0.368 e. The van der Waals surface area contributed by atoms with Crippen LogP contribution in [-0.2, 0) is 6.42 Å². The molecule has 4 aromatic rings. The van der Waals surface area contributed by atoms with Gasteiger partial charge in [0, 0.05) is 36.1 Å². The van der Waals surface area contributed by atoms with E-state index < -0.39 is 0 Å². The highest BCUT2D eigenvalue weighted by molar-refractivity contribution is 5.81. The monoisotopic (exact) mass is 398 g/mol. The van der Waals surface area contributed by atoms with Gasteiger partial charge in [-0.25, -0.2) is 9.37 Å². The Bertz CT molecular complexity index is 1080. The number of anilines is 1. The summed E-state index contributed by atoms with van der Waals surface area (Å²) < 4.78 is 13.4. The number of hydrogen-bond acceptors (Lipinski definition) is 4. The number of nitrogens with two attached hydrogens (primary N) is 1. The van der Waals surface area contributed by atoms with Crippen LogP contribution in [0.5, 0.6) is 0 Å². The Morgan fingerprint density at radius 2 is 1.57 bits per heavy atom. The van der Waals surface area contributed by atoms with E-state index in [0.717, 1.165) is 34.6 Å². The second-order valence-corrected chi connectivity index (χ2v) is 7.17. The van der Waals surface area contributed by atoms with Crippen molar-refractivity contribution in [1.82, 2.24) is 9.97 Å². The summed E-state index contributed by atoms with van der Waals surface area (Å²) in [6, 6.07) is 24.4. The molecule has 0 bridgehead atoms. The average molecular weight is 398 g/mol. The van der Waals surface area contributed by atoms with Crippen LogP contribution in [-0.4, -0.2) is 22.6 Å². The Morgan fingerprint density at radius 1 is 0.833 bits per heavy atom. The van der Waals surface area contributed by atoms with E-state index in [0.29, 0.717) is 6.54 Å². The van der Waals surface area contributed by atoms with Crippen molar-refractivity contribution in [3.63, 3.8) is 0 Å². The highest BCUT2D eigenvalue weighted by Gasteiger charge is 2.12. The molecule has 0 aliphatic rings. The zero-order valence-electron chi connectivity index (χ0n) is 16.5.